The smallest absolute Gasteiger partial charge is 0.347 e. The number of hydrogen-bond donors (Lipinski definition) is 1. The van der Waals surface area contributed by atoms with Crippen LogP contribution >= 0.6 is 12.2 Å². The topological polar surface area (TPSA) is 80.9 Å². The Kier molecular flexibility index (Phi) is 3.62. The molecule has 0 saturated carbocycles. The average Bonchev–Trinajstić information content (AvgIpc) is 3.02. The zero-order chi connectivity index (χ0) is 17.4. The summed E-state index contributed by atoms with van der Waals surface area (Å²) >= 11 is 5.18. The van der Waals surface area contributed by atoms with E-state index in [9.17, 15) is 9.59 Å². The molecule has 25 heavy (non-hydrogen) atoms. The van der Waals surface area contributed by atoms with E-state index in [1.165, 1.54) is 4.57 Å². The number of para-hydroxylation sites is 1. The van der Waals surface area contributed by atoms with Gasteiger partial charge in [0.25, 0.3) is 5.91 Å². The van der Waals surface area contributed by atoms with Gasteiger partial charge in [-0.05, 0) is 36.5 Å². The summed E-state index contributed by atoms with van der Waals surface area (Å²) < 4.78 is 6.64. The largest absolute Gasteiger partial charge is 0.422 e. The summed E-state index contributed by atoms with van der Waals surface area (Å²) in [6.07, 6.45) is 0. The van der Waals surface area contributed by atoms with Gasteiger partial charge in [-0.2, -0.15) is 5.10 Å². The van der Waals surface area contributed by atoms with Gasteiger partial charge >= 0.3 is 5.63 Å². The highest BCUT2D eigenvalue weighted by molar-refractivity contribution is 7.71. The quantitative estimate of drug-likeness (QED) is 0.443. The van der Waals surface area contributed by atoms with Gasteiger partial charge in [-0.3, -0.25) is 9.89 Å². The van der Waals surface area contributed by atoms with Crippen molar-refractivity contribution in [2.45, 2.75) is 0 Å². The summed E-state index contributed by atoms with van der Waals surface area (Å²) in [5.74, 6) is -0.250. The van der Waals surface area contributed by atoms with Gasteiger partial charge in [0, 0.05) is 10.9 Å². The third kappa shape index (κ3) is 2.60. The molecule has 0 aliphatic carbocycles. The summed E-state index contributed by atoms with van der Waals surface area (Å²) in [4.78, 5) is 25.2. The monoisotopic (exact) mass is 349 g/mol. The maximum atomic E-state index is 12.8. The number of aromatic nitrogens is 3. The van der Waals surface area contributed by atoms with Crippen LogP contribution in [0.3, 0.4) is 0 Å². The first kappa shape index (κ1) is 15.2. The first-order chi connectivity index (χ1) is 12.1. The SMILES string of the molecule is O=C(c1ccccc1)n1c(-c2cc3ccccc3oc2=O)n[nH]c1=S. The molecule has 0 amide bonds. The van der Waals surface area contributed by atoms with E-state index in [0.29, 0.717) is 11.1 Å². The van der Waals surface area contributed by atoms with Crippen LogP contribution in [0.1, 0.15) is 10.4 Å². The van der Waals surface area contributed by atoms with Gasteiger partial charge in [-0.1, -0.05) is 36.4 Å². The number of H-pyrrole nitrogens is 1. The highest BCUT2D eigenvalue weighted by Crippen LogP contribution is 2.20. The minimum Gasteiger partial charge on any atom is -0.422 e. The Labute approximate surface area is 146 Å². The van der Waals surface area contributed by atoms with Gasteiger partial charge in [0.15, 0.2) is 5.82 Å². The summed E-state index contributed by atoms with van der Waals surface area (Å²) in [7, 11) is 0. The molecule has 122 valence electrons. The molecule has 6 nitrogen and oxygen atoms in total. The van der Waals surface area contributed by atoms with Crippen molar-refractivity contribution in [3.8, 4) is 11.4 Å². The number of benzene rings is 2. The summed E-state index contributed by atoms with van der Waals surface area (Å²) in [6.45, 7) is 0. The lowest BCUT2D eigenvalue weighted by atomic mass is 10.1. The zero-order valence-electron chi connectivity index (χ0n) is 12.8. The highest BCUT2D eigenvalue weighted by atomic mass is 32.1. The molecule has 0 spiro atoms. The van der Waals surface area contributed by atoms with Crippen molar-refractivity contribution in [2.75, 3.05) is 0 Å². The minimum absolute atomic E-state index is 0.108. The van der Waals surface area contributed by atoms with Gasteiger partial charge in [-0.25, -0.2) is 9.36 Å². The molecule has 4 aromatic rings. The van der Waals surface area contributed by atoms with E-state index in [-0.39, 0.29) is 22.1 Å². The standard InChI is InChI=1S/C18H11N3O3S/c22-16(11-6-2-1-3-7-11)21-15(19-20-18(21)25)13-10-12-8-4-5-9-14(12)24-17(13)23/h1-10H,(H,20,25). The van der Waals surface area contributed by atoms with Crippen molar-refractivity contribution in [3.05, 3.63) is 81.4 Å². The second-order valence-corrected chi connectivity index (χ2v) is 5.73. The number of rotatable bonds is 2. The van der Waals surface area contributed by atoms with Crippen LogP contribution in [-0.2, 0) is 0 Å². The van der Waals surface area contributed by atoms with Crippen LogP contribution < -0.4 is 5.63 Å². The van der Waals surface area contributed by atoms with Gasteiger partial charge in [0.2, 0.25) is 4.77 Å². The Bertz CT molecular complexity index is 1210. The maximum absolute atomic E-state index is 12.8. The summed E-state index contributed by atoms with van der Waals surface area (Å²) in [6, 6.07) is 17.4. The molecule has 2 heterocycles. The molecule has 2 aromatic carbocycles. The third-order valence-corrected chi connectivity index (χ3v) is 4.05. The van der Waals surface area contributed by atoms with E-state index < -0.39 is 5.63 Å². The molecule has 7 heteroatoms. The van der Waals surface area contributed by atoms with Crippen molar-refractivity contribution in [1.82, 2.24) is 14.8 Å². The molecule has 0 aliphatic heterocycles. The van der Waals surface area contributed by atoms with Crippen molar-refractivity contribution < 1.29 is 9.21 Å². The van der Waals surface area contributed by atoms with E-state index in [1.54, 1.807) is 42.5 Å². The van der Waals surface area contributed by atoms with Crippen LogP contribution in [0.4, 0.5) is 0 Å². The Morgan fingerprint density at radius 2 is 1.80 bits per heavy atom. The van der Waals surface area contributed by atoms with Gasteiger partial charge in [0.05, 0.1) is 0 Å². The zero-order valence-corrected chi connectivity index (χ0v) is 13.6. The van der Waals surface area contributed by atoms with Crippen LogP contribution in [0.2, 0.25) is 0 Å². The van der Waals surface area contributed by atoms with Crippen LogP contribution in [0.25, 0.3) is 22.4 Å². The Hall–Kier alpha value is -3.32. The van der Waals surface area contributed by atoms with Gasteiger partial charge < -0.3 is 4.42 Å². The van der Waals surface area contributed by atoms with E-state index >= 15 is 0 Å². The van der Waals surface area contributed by atoms with Crippen LogP contribution in [0.5, 0.6) is 0 Å². The average molecular weight is 349 g/mol. The second-order valence-electron chi connectivity index (χ2n) is 5.34. The Morgan fingerprint density at radius 1 is 1.08 bits per heavy atom. The number of fused-ring (bicyclic) bond motifs is 1. The molecular weight excluding hydrogens is 338 g/mol. The Morgan fingerprint density at radius 3 is 2.60 bits per heavy atom. The minimum atomic E-state index is -0.588. The Balaban J connectivity index is 1.94. The number of nitrogens with one attached hydrogen (secondary N) is 1. The molecule has 0 bridgehead atoms. The predicted octanol–water partition coefficient (Wildman–Crippen LogP) is 3.40. The van der Waals surface area contributed by atoms with Crippen molar-refractivity contribution in [3.63, 3.8) is 0 Å². The fourth-order valence-corrected chi connectivity index (χ4v) is 2.81. The van der Waals surface area contributed by atoms with E-state index in [1.807, 2.05) is 18.2 Å². The molecule has 4 rings (SSSR count). The fourth-order valence-electron chi connectivity index (χ4n) is 2.59. The number of nitrogens with zero attached hydrogens (tertiary/aromatic N) is 2. The predicted molar refractivity (Wildman–Crippen MR) is 95.1 cm³/mol. The number of carbonyl (C=O) groups excluding carboxylic acids is 1. The normalized spacial score (nSPS) is 10.9. The molecule has 0 fully saturated rings. The lowest BCUT2D eigenvalue weighted by molar-refractivity contribution is 0.0960. The van der Waals surface area contributed by atoms with Gasteiger partial charge in [-0.15, -0.1) is 0 Å². The molecule has 1 N–H and O–H groups in total. The van der Waals surface area contributed by atoms with Crippen molar-refractivity contribution in [1.29, 1.82) is 0 Å². The maximum Gasteiger partial charge on any atom is 0.347 e. The first-order valence-corrected chi connectivity index (χ1v) is 7.86. The van der Waals surface area contributed by atoms with Crippen LogP contribution in [-0.4, -0.2) is 20.7 Å². The van der Waals surface area contributed by atoms with E-state index in [4.69, 9.17) is 16.6 Å². The summed E-state index contributed by atoms with van der Waals surface area (Å²) in [5, 5.41) is 7.37. The van der Waals surface area contributed by atoms with Crippen LogP contribution in [0, 0.1) is 4.77 Å². The molecule has 0 radical (unpaired) electrons. The van der Waals surface area contributed by atoms with E-state index in [2.05, 4.69) is 10.2 Å². The van der Waals surface area contributed by atoms with Crippen molar-refractivity contribution >= 4 is 29.1 Å². The molecule has 0 atom stereocenters. The number of hydrogen-bond acceptors (Lipinski definition) is 5. The number of carbonyl (C=O) groups is 1. The molecule has 0 unspecified atom stereocenters. The molecule has 2 aromatic heterocycles. The summed E-state index contributed by atoms with van der Waals surface area (Å²) in [5.41, 5.74) is 0.475. The third-order valence-electron chi connectivity index (χ3n) is 3.78. The van der Waals surface area contributed by atoms with Gasteiger partial charge in [0.1, 0.15) is 11.1 Å². The number of aromatic amines is 1. The lowest BCUT2D eigenvalue weighted by Crippen LogP contribution is -2.16. The molecular formula is C18H11N3O3S. The van der Waals surface area contributed by atoms with Crippen molar-refractivity contribution in [2.24, 2.45) is 0 Å². The van der Waals surface area contributed by atoms with E-state index in [0.717, 1.165) is 5.39 Å². The fraction of sp³-hybridized carbons (Fsp3) is 0. The first-order valence-electron chi connectivity index (χ1n) is 7.45. The highest BCUT2D eigenvalue weighted by Gasteiger charge is 2.20. The lowest BCUT2D eigenvalue weighted by Gasteiger charge is -2.05. The molecule has 0 aliphatic rings. The molecule has 0 saturated heterocycles. The van der Waals surface area contributed by atoms with Crippen LogP contribution in [0.15, 0.2) is 69.9 Å². The second kappa shape index (κ2) is 5.95.